The lowest BCUT2D eigenvalue weighted by Crippen LogP contribution is -2.23. The van der Waals surface area contributed by atoms with Gasteiger partial charge in [0.1, 0.15) is 0 Å². The molecule has 222 valence electrons. The molecule has 2 unspecified atom stereocenters. The molecule has 3 saturated carbocycles. The lowest BCUT2D eigenvalue weighted by atomic mass is 9.72. The van der Waals surface area contributed by atoms with Gasteiger partial charge in [-0.15, -0.1) is 0 Å². The fourth-order valence-corrected chi connectivity index (χ4v) is 6.13. The highest BCUT2D eigenvalue weighted by Crippen LogP contribution is 2.39. The van der Waals surface area contributed by atoms with E-state index in [4.69, 9.17) is 0 Å². The van der Waals surface area contributed by atoms with Gasteiger partial charge >= 0.3 is 0 Å². The van der Waals surface area contributed by atoms with Crippen LogP contribution in [0.1, 0.15) is 186 Å². The van der Waals surface area contributed by atoms with Gasteiger partial charge < -0.3 is 0 Å². The van der Waals surface area contributed by atoms with Gasteiger partial charge in [-0.1, -0.05) is 167 Å². The quantitative estimate of drug-likeness (QED) is 0.328. The average molecular weight is 519 g/mol. The van der Waals surface area contributed by atoms with E-state index in [9.17, 15) is 0 Å². The molecule has 0 aromatic carbocycles. The van der Waals surface area contributed by atoms with Crippen LogP contribution in [0.2, 0.25) is 0 Å². The SMILES string of the molecule is CC(CC1CCC1)C(C)(C)C.CC(CC1CCCCC1)C(C)(C)C.C[C@H](CC1CCCCC1)C(C)(C)C. The first kappa shape index (κ1) is 35.0. The second-order valence-electron chi connectivity index (χ2n) is 17.3. The minimum Gasteiger partial charge on any atom is -0.0620 e. The Hall–Kier alpha value is 0. The highest BCUT2D eigenvalue weighted by molar-refractivity contribution is 4.78. The van der Waals surface area contributed by atoms with Crippen LogP contribution in [0, 0.1) is 51.8 Å². The zero-order valence-corrected chi connectivity index (χ0v) is 28.3. The van der Waals surface area contributed by atoms with Gasteiger partial charge in [-0.25, -0.2) is 0 Å². The van der Waals surface area contributed by atoms with E-state index in [0.717, 1.165) is 35.5 Å². The summed E-state index contributed by atoms with van der Waals surface area (Å²) >= 11 is 0. The molecule has 0 heterocycles. The summed E-state index contributed by atoms with van der Waals surface area (Å²) in [7, 11) is 0. The Balaban J connectivity index is 0.000000279. The molecule has 0 N–H and O–H groups in total. The van der Waals surface area contributed by atoms with E-state index in [2.05, 4.69) is 83.1 Å². The summed E-state index contributed by atoms with van der Waals surface area (Å²) in [6, 6.07) is 0. The lowest BCUT2D eigenvalue weighted by molar-refractivity contribution is 0.171. The Bertz CT molecular complexity index is 512. The summed E-state index contributed by atoms with van der Waals surface area (Å²) in [5.74, 6) is 5.83. The molecule has 0 heteroatoms. The third-order valence-electron chi connectivity index (χ3n) is 11.2. The first-order chi connectivity index (χ1) is 17.0. The first-order valence-corrected chi connectivity index (χ1v) is 17.0. The van der Waals surface area contributed by atoms with Crippen molar-refractivity contribution in [3.05, 3.63) is 0 Å². The number of hydrogen-bond donors (Lipinski definition) is 0. The Labute approximate surface area is 237 Å². The van der Waals surface area contributed by atoms with Crippen LogP contribution in [0.3, 0.4) is 0 Å². The van der Waals surface area contributed by atoms with Crippen LogP contribution in [0.4, 0.5) is 0 Å². The highest BCUT2D eigenvalue weighted by Gasteiger charge is 2.27. The number of rotatable bonds is 6. The van der Waals surface area contributed by atoms with E-state index in [1.807, 2.05) is 0 Å². The fraction of sp³-hybridized carbons (Fsp3) is 1.00. The molecule has 0 bridgehead atoms. The molecule has 0 nitrogen and oxygen atoms in total. The van der Waals surface area contributed by atoms with Gasteiger partial charge in [-0.05, 0) is 71.0 Å². The molecule has 3 fully saturated rings. The second-order valence-corrected chi connectivity index (χ2v) is 17.3. The molecule has 3 aliphatic carbocycles. The van der Waals surface area contributed by atoms with E-state index in [1.165, 1.54) is 103 Å². The topological polar surface area (TPSA) is 0 Å². The molecule has 3 rings (SSSR count). The molecule has 0 aromatic rings. The summed E-state index contributed by atoms with van der Waals surface area (Å²) in [6.07, 6.45) is 23.8. The van der Waals surface area contributed by atoms with Crippen molar-refractivity contribution in [2.24, 2.45) is 51.8 Å². The molecule has 0 spiro atoms. The van der Waals surface area contributed by atoms with Crippen molar-refractivity contribution in [3.8, 4) is 0 Å². The zero-order valence-electron chi connectivity index (χ0n) is 28.3. The summed E-state index contributed by atoms with van der Waals surface area (Å²) in [4.78, 5) is 0. The molecule has 37 heavy (non-hydrogen) atoms. The maximum Gasteiger partial charge on any atom is -0.0357 e. The van der Waals surface area contributed by atoms with Gasteiger partial charge in [0.2, 0.25) is 0 Å². The first-order valence-electron chi connectivity index (χ1n) is 17.0. The Morgan fingerprint density at radius 1 is 0.378 bits per heavy atom. The average Bonchev–Trinajstić information content (AvgIpc) is 2.76. The van der Waals surface area contributed by atoms with E-state index in [0.29, 0.717) is 16.2 Å². The highest BCUT2D eigenvalue weighted by atomic mass is 14.3. The predicted molar refractivity (Wildman–Crippen MR) is 170 cm³/mol. The molecule has 0 amide bonds. The normalized spacial score (nSPS) is 23.0. The van der Waals surface area contributed by atoms with Crippen LogP contribution in [-0.4, -0.2) is 0 Å². The van der Waals surface area contributed by atoms with E-state index < -0.39 is 0 Å². The van der Waals surface area contributed by atoms with E-state index in [-0.39, 0.29) is 0 Å². The Morgan fingerprint density at radius 2 is 0.595 bits per heavy atom. The van der Waals surface area contributed by atoms with Crippen molar-refractivity contribution in [2.45, 2.75) is 186 Å². The van der Waals surface area contributed by atoms with Crippen LogP contribution in [-0.2, 0) is 0 Å². The predicted octanol–water partition coefficient (Wildman–Crippen LogP) is 13.1. The molecule has 0 saturated heterocycles. The van der Waals surface area contributed by atoms with Crippen molar-refractivity contribution in [1.82, 2.24) is 0 Å². The minimum atomic E-state index is 0.511. The Kier molecular flexibility index (Phi) is 15.4. The summed E-state index contributed by atoms with van der Waals surface area (Å²) in [5.41, 5.74) is 1.55. The van der Waals surface area contributed by atoms with Crippen LogP contribution in [0.25, 0.3) is 0 Å². The fourth-order valence-electron chi connectivity index (χ4n) is 6.13. The van der Waals surface area contributed by atoms with Gasteiger partial charge in [-0.3, -0.25) is 0 Å². The smallest absolute Gasteiger partial charge is 0.0357 e. The monoisotopic (exact) mass is 519 g/mol. The van der Waals surface area contributed by atoms with Crippen molar-refractivity contribution < 1.29 is 0 Å². The summed E-state index contributed by atoms with van der Waals surface area (Å²) < 4.78 is 0. The largest absolute Gasteiger partial charge is 0.0620 e. The van der Waals surface area contributed by atoms with Crippen molar-refractivity contribution >= 4 is 0 Å². The lowest BCUT2D eigenvalue weighted by Gasteiger charge is -2.34. The zero-order chi connectivity index (χ0) is 28.3. The van der Waals surface area contributed by atoms with Gasteiger partial charge in [0.25, 0.3) is 0 Å². The molecule has 3 aliphatic rings. The van der Waals surface area contributed by atoms with Gasteiger partial charge in [-0.2, -0.15) is 0 Å². The standard InChI is InChI=1S/2C13H26.C11H22/c2*1-11(13(2,3)4)10-12-8-6-5-7-9-12;1-9(11(2,3)4)8-10-6-5-7-10/h2*11-12H,5-10H2,1-4H3;9-10H,5-8H2,1-4H3/t11-;;/m1../s1. The van der Waals surface area contributed by atoms with Crippen LogP contribution in [0.15, 0.2) is 0 Å². The van der Waals surface area contributed by atoms with E-state index >= 15 is 0 Å². The van der Waals surface area contributed by atoms with Crippen LogP contribution < -0.4 is 0 Å². The van der Waals surface area contributed by atoms with Crippen molar-refractivity contribution in [1.29, 1.82) is 0 Å². The molecule has 0 aromatic heterocycles. The van der Waals surface area contributed by atoms with Crippen molar-refractivity contribution in [2.75, 3.05) is 0 Å². The summed E-state index contributed by atoms with van der Waals surface area (Å²) in [6.45, 7) is 28.6. The maximum atomic E-state index is 2.43. The summed E-state index contributed by atoms with van der Waals surface area (Å²) in [5, 5.41) is 0. The van der Waals surface area contributed by atoms with Crippen LogP contribution in [0.5, 0.6) is 0 Å². The minimum absolute atomic E-state index is 0.511. The van der Waals surface area contributed by atoms with E-state index in [1.54, 1.807) is 0 Å². The van der Waals surface area contributed by atoms with Gasteiger partial charge in [0, 0.05) is 0 Å². The third kappa shape index (κ3) is 15.4. The molecular weight excluding hydrogens is 444 g/mol. The molecule has 0 aliphatic heterocycles. The molecular formula is C37H74. The number of hydrogen-bond acceptors (Lipinski definition) is 0. The second kappa shape index (κ2) is 16.3. The van der Waals surface area contributed by atoms with Crippen molar-refractivity contribution in [3.63, 3.8) is 0 Å². The maximum absolute atomic E-state index is 2.43. The van der Waals surface area contributed by atoms with Gasteiger partial charge in [0.05, 0.1) is 0 Å². The Morgan fingerprint density at radius 3 is 0.757 bits per heavy atom. The van der Waals surface area contributed by atoms with Crippen LogP contribution >= 0.6 is 0 Å². The van der Waals surface area contributed by atoms with Gasteiger partial charge in [0.15, 0.2) is 0 Å². The molecule has 3 atom stereocenters. The third-order valence-corrected chi connectivity index (χ3v) is 11.2. The molecule has 0 radical (unpaired) electrons.